The van der Waals surface area contributed by atoms with E-state index in [1.54, 1.807) is 12.1 Å². The number of aryl methyl sites for hydroxylation is 1. The highest BCUT2D eigenvalue weighted by atomic mass is 16.6. The van der Waals surface area contributed by atoms with Gasteiger partial charge in [-0.3, -0.25) is 14.9 Å². The van der Waals surface area contributed by atoms with Gasteiger partial charge in [-0.25, -0.2) is 5.43 Å². The van der Waals surface area contributed by atoms with Gasteiger partial charge in [-0.05, 0) is 37.5 Å². The molecule has 0 spiro atoms. The molecule has 31 heavy (non-hydrogen) atoms. The summed E-state index contributed by atoms with van der Waals surface area (Å²) in [6.07, 6.45) is 7.25. The number of nitrogens with zero attached hydrogens (tertiary/aromatic N) is 3. The molecule has 2 aromatic rings. The first kappa shape index (κ1) is 22.3. The minimum absolute atomic E-state index is 0.0172. The van der Waals surface area contributed by atoms with Gasteiger partial charge in [-0.2, -0.15) is 5.10 Å². The topological polar surface area (TPSA) is 97.1 Å². The molecule has 3 rings (SSSR count). The van der Waals surface area contributed by atoms with Crippen LogP contribution in [0.1, 0.15) is 43.2 Å². The van der Waals surface area contributed by atoms with Crippen LogP contribution in [0.15, 0.2) is 47.6 Å². The number of hydrazone groups is 1. The largest absolute Gasteiger partial charge is 0.483 e. The van der Waals surface area contributed by atoms with Crippen LogP contribution in [0.4, 0.5) is 11.4 Å². The van der Waals surface area contributed by atoms with Gasteiger partial charge < -0.3 is 9.64 Å². The van der Waals surface area contributed by atoms with Gasteiger partial charge in [0.25, 0.3) is 11.6 Å². The Kier molecular flexibility index (Phi) is 7.59. The number of amides is 1. The molecule has 1 N–H and O–H groups in total. The van der Waals surface area contributed by atoms with Crippen LogP contribution in [-0.4, -0.2) is 36.7 Å². The summed E-state index contributed by atoms with van der Waals surface area (Å²) in [5.41, 5.74) is 4.79. The molecule has 0 aromatic heterocycles. The minimum atomic E-state index is -0.434. The molecule has 1 aliphatic rings. The Labute approximate surface area is 182 Å². The van der Waals surface area contributed by atoms with E-state index in [0.29, 0.717) is 17.4 Å². The summed E-state index contributed by atoms with van der Waals surface area (Å²) in [5, 5.41) is 15.2. The number of rotatable bonds is 8. The zero-order chi connectivity index (χ0) is 22.2. The molecule has 0 atom stereocenters. The number of hydrogen-bond donors (Lipinski definition) is 1. The molecular formula is C23H28N4O4. The van der Waals surface area contributed by atoms with Crippen molar-refractivity contribution in [2.24, 2.45) is 5.10 Å². The van der Waals surface area contributed by atoms with Gasteiger partial charge in [0.05, 0.1) is 11.1 Å². The van der Waals surface area contributed by atoms with E-state index in [2.05, 4.69) is 15.4 Å². The van der Waals surface area contributed by atoms with E-state index in [4.69, 9.17) is 4.74 Å². The monoisotopic (exact) mass is 424 g/mol. The van der Waals surface area contributed by atoms with Crippen molar-refractivity contribution in [3.05, 3.63) is 63.7 Å². The number of nitro groups is 1. The first-order valence-electron chi connectivity index (χ1n) is 10.5. The second-order valence-corrected chi connectivity index (χ2v) is 7.75. The fourth-order valence-electron chi connectivity index (χ4n) is 3.81. The van der Waals surface area contributed by atoms with E-state index in [9.17, 15) is 14.9 Å². The molecule has 164 valence electrons. The first-order chi connectivity index (χ1) is 15.0. The van der Waals surface area contributed by atoms with Crippen molar-refractivity contribution in [3.63, 3.8) is 0 Å². The molecule has 0 heterocycles. The van der Waals surface area contributed by atoms with Crippen LogP contribution in [0.25, 0.3) is 0 Å². The fourth-order valence-corrected chi connectivity index (χ4v) is 3.81. The summed E-state index contributed by atoms with van der Waals surface area (Å²) < 4.78 is 5.51. The third-order valence-electron chi connectivity index (χ3n) is 5.57. The number of carbonyl (C=O) groups is 1. The summed E-state index contributed by atoms with van der Waals surface area (Å²) >= 11 is 0. The Morgan fingerprint density at radius 2 is 2.00 bits per heavy atom. The van der Waals surface area contributed by atoms with E-state index in [1.165, 1.54) is 37.6 Å². The highest BCUT2D eigenvalue weighted by Gasteiger charge is 2.21. The highest BCUT2D eigenvalue weighted by molar-refractivity contribution is 5.90. The average Bonchev–Trinajstić information content (AvgIpc) is 2.78. The second kappa shape index (κ2) is 10.6. The summed E-state index contributed by atoms with van der Waals surface area (Å²) in [4.78, 5) is 25.0. The van der Waals surface area contributed by atoms with Crippen LogP contribution >= 0.6 is 0 Å². The van der Waals surface area contributed by atoms with Gasteiger partial charge in [-0.1, -0.05) is 37.5 Å². The Hall–Kier alpha value is -3.42. The maximum absolute atomic E-state index is 12.1. The van der Waals surface area contributed by atoms with E-state index >= 15 is 0 Å². The van der Waals surface area contributed by atoms with Crippen LogP contribution in [0, 0.1) is 17.0 Å². The van der Waals surface area contributed by atoms with Crippen molar-refractivity contribution in [1.29, 1.82) is 0 Å². The van der Waals surface area contributed by atoms with Gasteiger partial charge >= 0.3 is 0 Å². The number of hydrogen-bond acceptors (Lipinski definition) is 6. The SMILES string of the molecule is Cc1ccccc1OCC(=O)N/N=C/c1cc([N+](=O)[O-])ccc1N(C)C1CCCCC1. The molecule has 0 radical (unpaired) electrons. The number of benzene rings is 2. The van der Waals surface area contributed by atoms with Crippen molar-refractivity contribution < 1.29 is 14.5 Å². The van der Waals surface area contributed by atoms with Gasteiger partial charge in [0.15, 0.2) is 6.61 Å². The maximum atomic E-state index is 12.1. The lowest BCUT2D eigenvalue weighted by atomic mass is 9.94. The predicted octanol–water partition coefficient (Wildman–Crippen LogP) is 4.20. The molecule has 0 saturated heterocycles. The lowest BCUT2D eigenvalue weighted by molar-refractivity contribution is -0.384. The van der Waals surface area contributed by atoms with E-state index < -0.39 is 10.8 Å². The lowest BCUT2D eigenvalue weighted by Crippen LogP contribution is -2.34. The van der Waals surface area contributed by atoms with E-state index in [1.807, 2.05) is 32.2 Å². The zero-order valence-corrected chi connectivity index (χ0v) is 17.9. The standard InChI is InChI=1S/C23H28N4O4/c1-17-8-6-7-11-22(17)31-16-23(28)25-24-15-18-14-20(27(29)30)12-13-21(18)26(2)19-9-4-3-5-10-19/h6-8,11-15,19H,3-5,9-10,16H2,1-2H3,(H,25,28)/b24-15+. The molecule has 2 aromatic carbocycles. The van der Waals surface area contributed by atoms with Crippen molar-refractivity contribution >= 4 is 23.5 Å². The van der Waals surface area contributed by atoms with Crippen molar-refractivity contribution in [1.82, 2.24) is 5.43 Å². The number of ether oxygens (including phenoxy) is 1. The van der Waals surface area contributed by atoms with Crippen molar-refractivity contribution in [2.75, 3.05) is 18.6 Å². The number of carbonyl (C=O) groups excluding carboxylic acids is 1. The number of para-hydroxylation sites is 1. The van der Waals surface area contributed by atoms with E-state index in [-0.39, 0.29) is 12.3 Å². The molecule has 8 nitrogen and oxygen atoms in total. The summed E-state index contributed by atoms with van der Waals surface area (Å²) in [6.45, 7) is 1.73. The lowest BCUT2D eigenvalue weighted by Gasteiger charge is -2.33. The summed E-state index contributed by atoms with van der Waals surface area (Å²) in [5.74, 6) is 0.226. The average molecular weight is 425 g/mol. The molecule has 1 saturated carbocycles. The summed E-state index contributed by atoms with van der Waals surface area (Å²) in [7, 11) is 2.00. The Bertz CT molecular complexity index is 954. The molecular weight excluding hydrogens is 396 g/mol. The molecule has 1 fully saturated rings. The number of nitrogens with one attached hydrogen (secondary N) is 1. The van der Waals surface area contributed by atoms with Gasteiger partial charge in [0.2, 0.25) is 0 Å². The molecule has 1 aliphatic carbocycles. The smallest absolute Gasteiger partial charge is 0.277 e. The van der Waals surface area contributed by atoms with Gasteiger partial charge in [0.1, 0.15) is 5.75 Å². The van der Waals surface area contributed by atoms with Crippen LogP contribution in [0.5, 0.6) is 5.75 Å². The number of anilines is 1. The zero-order valence-electron chi connectivity index (χ0n) is 17.9. The minimum Gasteiger partial charge on any atom is -0.483 e. The van der Waals surface area contributed by atoms with Crippen molar-refractivity contribution in [3.8, 4) is 5.75 Å². The Morgan fingerprint density at radius 3 is 2.71 bits per heavy atom. The van der Waals surface area contributed by atoms with Crippen LogP contribution in [-0.2, 0) is 4.79 Å². The molecule has 0 unspecified atom stereocenters. The highest BCUT2D eigenvalue weighted by Crippen LogP contribution is 2.30. The molecule has 8 heteroatoms. The number of non-ortho nitro benzene ring substituents is 1. The van der Waals surface area contributed by atoms with Gasteiger partial charge in [0, 0.05) is 36.5 Å². The molecule has 1 amide bonds. The van der Waals surface area contributed by atoms with E-state index in [0.717, 1.165) is 24.1 Å². The third kappa shape index (κ3) is 6.04. The van der Waals surface area contributed by atoms with Gasteiger partial charge in [-0.15, -0.1) is 0 Å². The first-order valence-corrected chi connectivity index (χ1v) is 10.5. The summed E-state index contributed by atoms with van der Waals surface area (Å²) in [6, 6.07) is 12.5. The molecule has 0 aliphatic heterocycles. The number of nitro benzene ring substituents is 1. The maximum Gasteiger partial charge on any atom is 0.277 e. The van der Waals surface area contributed by atoms with Crippen LogP contribution in [0.2, 0.25) is 0 Å². The Balaban J connectivity index is 1.68. The predicted molar refractivity (Wildman–Crippen MR) is 121 cm³/mol. The Morgan fingerprint density at radius 1 is 1.26 bits per heavy atom. The van der Waals surface area contributed by atoms with Crippen LogP contribution < -0.4 is 15.1 Å². The second-order valence-electron chi connectivity index (χ2n) is 7.75. The quantitative estimate of drug-likeness (QED) is 0.389. The normalized spacial score (nSPS) is 14.4. The fraction of sp³-hybridized carbons (Fsp3) is 0.391. The third-order valence-corrected chi connectivity index (χ3v) is 5.57. The van der Waals surface area contributed by atoms with Crippen LogP contribution in [0.3, 0.4) is 0 Å². The molecule has 0 bridgehead atoms. The van der Waals surface area contributed by atoms with Crippen molar-refractivity contribution in [2.45, 2.75) is 45.1 Å².